The molecule has 0 bridgehead atoms. The number of phenolic OH excluding ortho intramolecular Hbond substituents is 1. The van der Waals surface area contributed by atoms with E-state index in [1.807, 2.05) is 38.1 Å². The van der Waals surface area contributed by atoms with Gasteiger partial charge in [0.2, 0.25) is 5.91 Å². The summed E-state index contributed by atoms with van der Waals surface area (Å²) in [6.07, 6.45) is 2.72. The van der Waals surface area contributed by atoms with Gasteiger partial charge in [-0.1, -0.05) is 13.8 Å². The van der Waals surface area contributed by atoms with Crippen molar-refractivity contribution in [1.29, 1.82) is 0 Å². The van der Waals surface area contributed by atoms with E-state index in [0.29, 0.717) is 24.4 Å². The topological polar surface area (TPSA) is 109 Å². The van der Waals surface area contributed by atoms with Crippen molar-refractivity contribution in [2.45, 2.75) is 44.6 Å². The SMILES string of the molecule is CC.O=C1CCc2c(Oc3ccc4c(c3)C3C(O4)C3c3nc4ccc(O)cc4[nH]3)ccnc2N1. The van der Waals surface area contributed by atoms with Crippen LogP contribution in [0.15, 0.2) is 48.7 Å². The summed E-state index contributed by atoms with van der Waals surface area (Å²) >= 11 is 0. The molecule has 0 spiro atoms. The van der Waals surface area contributed by atoms with Gasteiger partial charge in [-0.25, -0.2) is 9.97 Å². The number of hydrogen-bond acceptors (Lipinski definition) is 6. The van der Waals surface area contributed by atoms with Gasteiger partial charge in [-0.15, -0.1) is 0 Å². The molecule has 8 nitrogen and oxygen atoms in total. The summed E-state index contributed by atoms with van der Waals surface area (Å²) in [6, 6.07) is 12.8. The van der Waals surface area contributed by atoms with Gasteiger partial charge in [0.1, 0.15) is 40.7 Å². The molecule has 1 saturated carbocycles. The summed E-state index contributed by atoms with van der Waals surface area (Å²) in [6.45, 7) is 4.00. The highest BCUT2D eigenvalue weighted by Gasteiger charge is 2.61. The van der Waals surface area contributed by atoms with Crippen LogP contribution in [0.4, 0.5) is 5.82 Å². The Morgan fingerprint density at radius 3 is 2.85 bits per heavy atom. The number of hydrogen-bond donors (Lipinski definition) is 3. The van der Waals surface area contributed by atoms with Crippen molar-refractivity contribution in [2.24, 2.45) is 0 Å². The predicted molar refractivity (Wildman–Crippen MR) is 127 cm³/mol. The van der Waals surface area contributed by atoms with Crippen LogP contribution in [0.1, 0.15) is 49.1 Å². The van der Waals surface area contributed by atoms with Gasteiger partial charge < -0.3 is 24.9 Å². The Kier molecular flexibility index (Phi) is 4.69. The van der Waals surface area contributed by atoms with Crippen molar-refractivity contribution in [3.05, 3.63) is 65.6 Å². The maximum Gasteiger partial charge on any atom is 0.225 e. The number of rotatable bonds is 3. The molecule has 1 aliphatic carbocycles. The molecule has 2 aromatic carbocycles. The Bertz CT molecular complexity index is 1430. The lowest BCUT2D eigenvalue weighted by Crippen LogP contribution is -2.20. The molecule has 1 amide bonds. The standard InChI is InChI=1S/C24H18N4O4.C2H6/c29-11-1-4-15-16(9-11)27-24(26-15)21-20-14-10-12(2-5-17(14)32-22(20)21)31-18-7-8-25-23-13(18)3-6-19(30)28-23;1-2/h1-2,4-5,7-10,20-22,29H,3,6H2,(H,26,27)(H,25,28,30);1-2H3. The number of benzene rings is 2. The molecule has 3 atom stereocenters. The second kappa shape index (κ2) is 7.76. The van der Waals surface area contributed by atoms with Gasteiger partial charge in [0.25, 0.3) is 0 Å². The van der Waals surface area contributed by atoms with E-state index in [-0.39, 0.29) is 29.6 Å². The largest absolute Gasteiger partial charge is 0.508 e. The maximum atomic E-state index is 11.7. The van der Waals surface area contributed by atoms with Crippen LogP contribution < -0.4 is 14.8 Å². The zero-order valence-electron chi connectivity index (χ0n) is 18.8. The molecule has 2 aromatic heterocycles. The van der Waals surface area contributed by atoms with Gasteiger partial charge in [0, 0.05) is 35.7 Å². The van der Waals surface area contributed by atoms with Crippen molar-refractivity contribution < 1.29 is 19.4 Å². The normalized spacial score (nSPS) is 21.4. The molecule has 3 unspecified atom stereocenters. The van der Waals surface area contributed by atoms with Gasteiger partial charge in [-0.05, 0) is 42.8 Å². The van der Waals surface area contributed by atoms with Gasteiger partial charge in [-0.2, -0.15) is 0 Å². The van der Waals surface area contributed by atoms with Crippen LogP contribution in [0.2, 0.25) is 0 Å². The first kappa shape index (κ1) is 20.5. The number of H-pyrrole nitrogens is 1. The zero-order chi connectivity index (χ0) is 23.4. The van der Waals surface area contributed by atoms with E-state index in [2.05, 4.69) is 15.3 Å². The molecule has 172 valence electrons. The summed E-state index contributed by atoms with van der Waals surface area (Å²) in [5.41, 5.74) is 3.67. The summed E-state index contributed by atoms with van der Waals surface area (Å²) in [5.74, 6) is 4.30. The number of nitrogens with one attached hydrogen (secondary N) is 2. The lowest BCUT2D eigenvalue weighted by Gasteiger charge is -2.19. The molecule has 34 heavy (non-hydrogen) atoms. The number of phenols is 1. The monoisotopic (exact) mass is 456 g/mol. The molecule has 1 fully saturated rings. The fourth-order valence-corrected chi connectivity index (χ4v) is 4.89. The van der Waals surface area contributed by atoms with Crippen LogP contribution in [0.25, 0.3) is 11.0 Å². The highest BCUT2D eigenvalue weighted by molar-refractivity contribution is 5.93. The Morgan fingerprint density at radius 2 is 1.97 bits per heavy atom. The van der Waals surface area contributed by atoms with E-state index < -0.39 is 0 Å². The summed E-state index contributed by atoms with van der Waals surface area (Å²) < 4.78 is 12.4. The number of ether oxygens (including phenoxy) is 2. The minimum atomic E-state index is -0.0246. The number of anilines is 1. The Morgan fingerprint density at radius 1 is 1.09 bits per heavy atom. The summed E-state index contributed by atoms with van der Waals surface area (Å²) in [5, 5.41) is 12.5. The highest BCUT2D eigenvalue weighted by Crippen LogP contribution is 2.63. The number of pyridine rings is 1. The fraction of sp³-hybridized carbons (Fsp3) is 0.269. The number of carbonyl (C=O) groups is 1. The maximum absolute atomic E-state index is 11.7. The van der Waals surface area contributed by atoms with Gasteiger partial charge in [-0.3, -0.25) is 4.79 Å². The van der Waals surface area contributed by atoms with E-state index in [1.54, 1.807) is 24.4 Å². The van der Waals surface area contributed by atoms with Crippen LogP contribution in [-0.4, -0.2) is 32.1 Å². The second-order valence-electron chi connectivity index (χ2n) is 8.44. The van der Waals surface area contributed by atoms with Gasteiger partial charge in [0.05, 0.1) is 17.0 Å². The van der Waals surface area contributed by atoms with Crippen molar-refractivity contribution in [3.8, 4) is 23.0 Å². The van der Waals surface area contributed by atoms with Gasteiger partial charge >= 0.3 is 0 Å². The minimum Gasteiger partial charge on any atom is -0.508 e. The van der Waals surface area contributed by atoms with Crippen LogP contribution in [0.3, 0.4) is 0 Å². The molecule has 3 aliphatic rings. The lowest BCUT2D eigenvalue weighted by molar-refractivity contribution is -0.116. The number of nitrogens with zero attached hydrogens (tertiary/aromatic N) is 2. The number of carbonyl (C=O) groups excluding carboxylic acids is 1. The van der Waals surface area contributed by atoms with E-state index in [4.69, 9.17) is 14.5 Å². The quantitative estimate of drug-likeness (QED) is 0.400. The fourth-order valence-electron chi connectivity index (χ4n) is 4.89. The van der Waals surface area contributed by atoms with Crippen LogP contribution >= 0.6 is 0 Å². The first-order valence-corrected chi connectivity index (χ1v) is 11.6. The lowest BCUT2D eigenvalue weighted by atomic mass is 10.1. The molecular weight excluding hydrogens is 432 g/mol. The molecule has 7 rings (SSSR count). The summed E-state index contributed by atoms with van der Waals surface area (Å²) in [4.78, 5) is 23.9. The van der Waals surface area contributed by atoms with E-state index in [1.165, 1.54) is 0 Å². The molecular formula is C26H24N4O4. The van der Waals surface area contributed by atoms with E-state index in [0.717, 1.165) is 39.5 Å². The number of imidazole rings is 1. The number of aromatic amines is 1. The molecule has 4 heterocycles. The van der Waals surface area contributed by atoms with Crippen molar-refractivity contribution in [2.75, 3.05) is 5.32 Å². The smallest absolute Gasteiger partial charge is 0.225 e. The van der Waals surface area contributed by atoms with Crippen molar-refractivity contribution in [1.82, 2.24) is 15.0 Å². The molecule has 4 aromatic rings. The Labute approximate surface area is 196 Å². The van der Waals surface area contributed by atoms with Crippen molar-refractivity contribution >= 4 is 22.8 Å². The highest BCUT2D eigenvalue weighted by atomic mass is 16.5. The average molecular weight is 457 g/mol. The van der Waals surface area contributed by atoms with Crippen LogP contribution in [0, 0.1) is 0 Å². The third kappa shape index (κ3) is 3.25. The zero-order valence-corrected chi connectivity index (χ0v) is 18.8. The number of aromatic hydroxyl groups is 1. The van der Waals surface area contributed by atoms with Gasteiger partial charge in [0.15, 0.2) is 0 Å². The first-order chi connectivity index (χ1) is 16.6. The third-order valence-electron chi connectivity index (χ3n) is 6.46. The van der Waals surface area contributed by atoms with E-state index in [9.17, 15) is 9.90 Å². The van der Waals surface area contributed by atoms with E-state index >= 15 is 0 Å². The third-order valence-corrected chi connectivity index (χ3v) is 6.46. The Hall–Kier alpha value is -4.07. The molecule has 0 radical (unpaired) electrons. The average Bonchev–Trinajstić information content (AvgIpc) is 3.19. The summed E-state index contributed by atoms with van der Waals surface area (Å²) in [7, 11) is 0. The molecule has 2 aliphatic heterocycles. The number of amides is 1. The first-order valence-electron chi connectivity index (χ1n) is 11.6. The number of aromatic nitrogens is 3. The predicted octanol–water partition coefficient (Wildman–Crippen LogP) is 5.01. The van der Waals surface area contributed by atoms with Crippen molar-refractivity contribution in [3.63, 3.8) is 0 Å². The second-order valence-corrected chi connectivity index (χ2v) is 8.44. The van der Waals surface area contributed by atoms with Crippen LogP contribution in [0.5, 0.6) is 23.0 Å². The molecule has 3 N–H and O–H groups in total. The minimum absolute atomic E-state index is 0.0246. The number of fused-ring (bicyclic) bond motifs is 5. The molecule has 0 saturated heterocycles. The van der Waals surface area contributed by atoms with Crippen LogP contribution in [-0.2, 0) is 11.2 Å². The molecule has 8 heteroatoms. The Balaban J connectivity index is 0.00000106.